The van der Waals surface area contributed by atoms with Crippen molar-refractivity contribution in [2.45, 2.75) is 37.6 Å². The van der Waals surface area contributed by atoms with Crippen LogP contribution in [0.4, 0.5) is 0 Å². The molecule has 0 radical (unpaired) electrons. The topological polar surface area (TPSA) is 63.4 Å². The SMILES string of the molecule is Cc1cc(Cl)ccc1S(=O)(=O)N1CCC(C(C)N)CC1. The Morgan fingerprint density at radius 1 is 1.35 bits per heavy atom. The second-order valence-electron chi connectivity index (χ2n) is 5.51. The molecule has 2 N–H and O–H groups in total. The Morgan fingerprint density at radius 3 is 2.45 bits per heavy atom. The molecule has 1 fully saturated rings. The van der Waals surface area contributed by atoms with E-state index in [-0.39, 0.29) is 6.04 Å². The number of halogens is 1. The zero-order valence-corrected chi connectivity index (χ0v) is 13.4. The molecule has 112 valence electrons. The van der Waals surface area contributed by atoms with Crippen LogP contribution in [0.15, 0.2) is 23.1 Å². The second-order valence-corrected chi connectivity index (χ2v) is 7.85. The normalized spacial score (nSPS) is 20.0. The summed E-state index contributed by atoms with van der Waals surface area (Å²) in [6.07, 6.45) is 1.65. The highest BCUT2D eigenvalue weighted by Gasteiger charge is 2.31. The van der Waals surface area contributed by atoms with Crippen molar-refractivity contribution in [1.82, 2.24) is 4.31 Å². The van der Waals surface area contributed by atoms with Gasteiger partial charge in [-0.05, 0) is 56.4 Å². The smallest absolute Gasteiger partial charge is 0.243 e. The van der Waals surface area contributed by atoms with Gasteiger partial charge in [0, 0.05) is 24.2 Å². The Hall–Kier alpha value is -0.620. The van der Waals surface area contributed by atoms with Gasteiger partial charge in [0.2, 0.25) is 10.0 Å². The maximum atomic E-state index is 12.6. The summed E-state index contributed by atoms with van der Waals surface area (Å²) in [6.45, 7) is 4.83. The molecule has 1 aromatic rings. The van der Waals surface area contributed by atoms with E-state index in [1.807, 2.05) is 6.92 Å². The zero-order valence-electron chi connectivity index (χ0n) is 11.8. The van der Waals surface area contributed by atoms with Crippen LogP contribution in [0.5, 0.6) is 0 Å². The summed E-state index contributed by atoms with van der Waals surface area (Å²) < 4.78 is 26.9. The molecule has 6 heteroatoms. The Kier molecular flexibility index (Phi) is 4.74. The molecule has 1 atom stereocenters. The first-order chi connectivity index (χ1) is 9.32. The van der Waals surface area contributed by atoms with Gasteiger partial charge in [-0.2, -0.15) is 4.31 Å². The van der Waals surface area contributed by atoms with Gasteiger partial charge in [-0.25, -0.2) is 8.42 Å². The third-order valence-corrected chi connectivity index (χ3v) is 6.29. The van der Waals surface area contributed by atoms with Crippen molar-refractivity contribution < 1.29 is 8.42 Å². The van der Waals surface area contributed by atoms with Gasteiger partial charge in [0.05, 0.1) is 4.90 Å². The number of benzene rings is 1. The number of sulfonamides is 1. The Balaban J connectivity index is 2.20. The zero-order chi connectivity index (χ0) is 14.9. The summed E-state index contributed by atoms with van der Waals surface area (Å²) in [4.78, 5) is 0.348. The summed E-state index contributed by atoms with van der Waals surface area (Å²) in [5.41, 5.74) is 6.58. The van der Waals surface area contributed by atoms with Crippen LogP contribution in [0.1, 0.15) is 25.3 Å². The summed E-state index contributed by atoms with van der Waals surface area (Å²) in [6, 6.07) is 5.02. The van der Waals surface area contributed by atoms with Crippen LogP contribution in [-0.2, 0) is 10.0 Å². The molecule has 2 rings (SSSR count). The number of aryl methyl sites for hydroxylation is 1. The first-order valence-electron chi connectivity index (χ1n) is 6.84. The minimum atomic E-state index is -3.42. The van der Waals surface area contributed by atoms with Crippen LogP contribution in [0.25, 0.3) is 0 Å². The first-order valence-corrected chi connectivity index (χ1v) is 8.66. The van der Waals surface area contributed by atoms with Crippen molar-refractivity contribution in [3.63, 3.8) is 0 Å². The molecule has 1 aliphatic rings. The number of piperidine rings is 1. The van der Waals surface area contributed by atoms with Gasteiger partial charge in [0.15, 0.2) is 0 Å². The van der Waals surface area contributed by atoms with Crippen LogP contribution in [-0.4, -0.2) is 31.9 Å². The summed E-state index contributed by atoms with van der Waals surface area (Å²) in [5, 5.41) is 0.553. The van der Waals surface area contributed by atoms with Gasteiger partial charge in [-0.15, -0.1) is 0 Å². The number of hydrogen-bond donors (Lipinski definition) is 1. The van der Waals surface area contributed by atoms with E-state index in [1.165, 1.54) is 0 Å². The van der Waals surface area contributed by atoms with Crippen molar-refractivity contribution in [1.29, 1.82) is 0 Å². The largest absolute Gasteiger partial charge is 0.328 e. The number of nitrogens with two attached hydrogens (primary N) is 1. The highest BCUT2D eigenvalue weighted by atomic mass is 35.5. The average molecular weight is 317 g/mol. The van der Waals surface area contributed by atoms with E-state index in [2.05, 4.69) is 0 Å². The highest BCUT2D eigenvalue weighted by Crippen LogP contribution is 2.27. The van der Waals surface area contributed by atoms with Crippen LogP contribution >= 0.6 is 11.6 Å². The van der Waals surface area contributed by atoms with E-state index in [0.717, 1.165) is 12.8 Å². The third kappa shape index (κ3) is 3.17. The number of nitrogens with zero attached hydrogens (tertiary/aromatic N) is 1. The van der Waals surface area contributed by atoms with Crippen LogP contribution < -0.4 is 5.73 Å². The fourth-order valence-electron chi connectivity index (χ4n) is 2.68. The lowest BCUT2D eigenvalue weighted by Crippen LogP contribution is -2.42. The predicted octanol–water partition coefficient (Wildman–Crippen LogP) is 2.40. The lowest BCUT2D eigenvalue weighted by atomic mass is 9.92. The maximum Gasteiger partial charge on any atom is 0.243 e. The van der Waals surface area contributed by atoms with Gasteiger partial charge in [-0.3, -0.25) is 0 Å². The fraction of sp³-hybridized carbons (Fsp3) is 0.571. The summed E-state index contributed by atoms with van der Waals surface area (Å²) in [7, 11) is -3.42. The molecule has 1 aromatic carbocycles. The van der Waals surface area contributed by atoms with Crippen LogP contribution in [0.3, 0.4) is 0 Å². The van der Waals surface area contributed by atoms with E-state index >= 15 is 0 Å². The molecule has 4 nitrogen and oxygen atoms in total. The van der Waals surface area contributed by atoms with Gasteiger partial charge in [0.25, 0.3) is 0 Å². The monoisotopic (exact) mass is 316 g/mol. The second kappa shape index (κ2) is 6.02. The van der Waals surface area contributed by atoms with Crippen molar-refractivity contribution in [3.05, 3.63) is 28.8 Å². The number of rotatable bonds is 3. The standard InChI is InChI=1S/C14H21ClN2O2S/c1-10-9-13(15)3-4-14(10)20(18,19)17-7-5-12(6-8-17)11(2)16/h3-4,9,11-12H,5-8,16H2,1-2H3. The third-order valence-electron chi connectivity index (χ3n) is 4.00. The molecule has 0 bridgehead atoms. The molecule has 1 saturated heterocycles. The van der Waals surface area contributed by atoms with E-state index in [9.17, 15) is 8.42 Å². The first kappa shape index (κ1) is 15.8. The quantitative estimate of drug-likeness (QED) is 0.931. The van der Waals surface area contributed by atoms with Crippen LogP contribution in [0.2, 0.25) is 5.02 Å². The van der Waals surface area contributed by atoms with Crippen molar-refractivity contribution in [2.75, 3.05) is 13.1 Å². The Morgan fingerprint density at radius 2 is 1.95 bits per heavy atom. The molecule has 1 aliphatic heterocycles. The highest BCUT2D eigenvalue weighted by molar-refractivity contribution is 7.89. The van der Waals surface area contributed by atoms with Gasteiger partial charge < -0.3 is 5.73 Å². The minimum absolute atomic E-state index is 0.122. The Labute approximate surface area is 126 Å². The summed E-state index contributed by atoms with van der Waals surface area (Å²) >= 11 is 5.88. The lowest BCUT2D eigenvalue weighted by Gasteiger charge is -2.33. The average Bonchev–Trinajstić information content (AvgIpc) is 2.38. The van der Waals surface area contributed by atoms with Gasteiger partial charge in [-0.1, -0.05) is 11.6 Å². The molecular formula is C14H21ClN2O2S. The van der Waals surface area contributed by atoms with E-state index in [0.29, 0.717) is 34.5 Å². The Bertz CT molecular complexity index is 579. The van der Waals surface area contributed by atoms with Gasteiger partial charge >= 0.3 is 0 Å². The molecule has 0 aromatic heterocycles. The van der Waals surface area contributed by atoms with E-state index < -0.39 is 10.0 Å². The minimum Gasteiger partial charge on any atom is -0.328 e. The van der Waals surface area contributed by atoms with Crippen molar-refractivity contribution in [2.24, 2.45) is 11.7 Å². The molecule has 20 heavy (non-hydrogen) atoms. The fourth-order valence-corrected chi connectivity index (χ4v) is 4.59. The van der Waals surface area contributed by atoms with E-state index in [4.69, 9.17) is 17.3 Å². The number of hydrogen-bond acceptors (Lipinski definition) is 3. The lowest BCUT2D eigenvalue weighted by molar-refractivity contribution is 0.250. The van der Waals surface area contributed by atoms with E-state index in [1.54, 1.807) is 29.4 Å². The maximum absolute atomic E-state index is 12.6. The van der Waals surface area contributed by atoms with Crippen molar-refractivity contribution >= 4 is 21.6 Å². The molecule has 1 heterocycles. The van der Waals surface area contributed by atoms with Gasteiger partial charge in [0.1, 0.15) is 0 Å². The van der Waals surface area contributed by atoms with Crippen molar-refractivity contribution in [3.8, 4) is 0 Å². The molecule has 0 amide bonds. The molecule has 0 saturated carbocycles. The molecule has 0 spiro atoms. The predicted molar refractivity (Wildman–Crippen MR) is 81.3 cm³/mol. The van der Waals surface area contributed by atoms with Crippen LogP contribution in [0, 0.1) is 12.8 Å². The summed E-state index contributed by atoms with van der Waals surface area (Å²) in [5.74, 6) is 0.410. The molecule has 0 aliphatic carbocycles. The molecule has 1 unspecified atom stereocenters. The molecular weight excluding hydrogens is 296 g/mol.